The van der Waals surface area contributed by atoms with Gasteiger partial charge in [-0.05, 0) is 57.9 Å². The van der Waals surface area contributed by atoms with Crippen molar-refractivity contribution in [3.63, 3.8) is 0 Å². The lowest BCUT2D eigenvalue weighted by atomic mass is 9.93. The zero-order chi connectivity index (χ0) is 17.1. The average molecular weight is 324 g/mol. The normalized spacial score (nSPS) is 12.5. The minimum Gasteiger partial charge on any atom is -0.0622 e. The highest BCUT2D eigenvalue weighted by molar-refractivity contribution is 5.83. The van der Waals surface area contributed by atoms with Gasteiger partial charge in [-0.1, -0.05) is 91.9 Å². The van der Waals surface area contributed by atoms with Crippen molar-refractivity contribution in [2.45, 2.75) is 26.2 Å². The molecule has 0 heterocycles. The fourth-order valence-electron chi connectivity index (χ4n) is 3.68. The molecule has 0 heteroatoms. The summed E-state index contributed by atoms with van der Waals surface area (Å²) in [6.07, 6.45) is 3.53. The molecule has 0 N–H and O–H groups in total. The van der Waals surface area contributed by atoms with E-state index in [1.165, 1.54) is 39.1 Å². The Hall–Kier alpha value is -2.60. The van der Waals surface area contributed by atoms with Gasteiger partial charge in [-0.3, -0.25) is 0 Å². The molecule has 1 unspecified atom stereocenters. The predicted octanol–water partition coefficient (Wildman–Crippen LogP) is 6.80. The van der Waals surface area contributed by atoms with E-state index in [4.69, 9.17) is 0 Å². The number of fused-ring (bicyclic) bond motifs is 2. The van der Waals surface area contributed by atoms with Crippen LogP contribution >= 0.6 is 0 Å². The van der Waals surface area contributed by atoms with Crippen LogP contribution in [-0.2, 0) is 12.8 Å². The molecule has 124 valence electrons. The second-order valence-electron chi connectivity index (χ2n) is 7.21. The van der Waals surface area contributed by atoms with Gasteiger partial charge in [-0.2, -0.15) is 0 Å². The maximum absolute atomic E-state index is 2.37. The summed E-state index contributed by atoms with van der Waals surface area (Å²) in [5.41, 5.74) is 2.90. The SMILES string of the molecule is CC(CCc1ccc2ccccc2c1)Cc1ccc2ccccc2c1. The summed E-state index contributed by atoms with van der Waals surface area (Å²) in [7, 11) is 0. The Balaban J connectivity index is 1.41. The number of hydrogen-bond donors (Lipinski definition) is 0. The summed E-state index contributed by atoms with van der Waals surface area (Å²) < 4.78 is 0. The Bertz CT molecular complexity index is 997. The van der Waals surface area contributed by atoms with Crippen molar-refractivity contribution in [1.82, 2.24) is 0 Å². The number of hydrogen-bond acceptors (Lipinski definition) is 0. The van der Waals surface area contributed by atoms with Gasteiger partial charge in [0.15, 0.2) is 0 Å². The molecule has 0 amide bonds. The largest absolute Gasteiger partial charge is 0.0622 e. The molecule has 0 radical (unpaired) electrons. The fraction of sp³-hybridized carbons (Fsp3) is 0.200. The first kappa shape index (κ1) is 15.9. The summed E-state index contributed by atoms with van der Waals surface area (Å²) in [6, 6.07) is 31.0. The summed E-state index contributed by atoms with van der Waals surface area (Å²) in [4.78, 5) is 0. The predicted molar refractivity (Wildman–Crippen MR) is 109 cm³/mol. The molecule has 0 aliphatic rings. The first-order valence-electron chi connectivity index (χ1n) is 9.23. The van der Waals surface area contributed by atoms with Crippen molar-refractivity contribution >= 4 is 21.5 Å². The summed E-state index contributed by atoms with van der Waals surface area (Å²) >= 11 is 0. The van der Waals surface area contributed by atoms with Crippen LogP contribution < -0.4 is 0 Å². The highest BCUT2D eigenvalue weighted by Crippen LogP contribution is 2.21. The Morgan fingerprint density at radius 1 is 0.600 bits per heavy atom. The van der Waals surface area contributed by atoms with E-state index >= 15 is 0 Å². The second kappa shape index (κ2) is 7.11. The Morgan fingerprint density at radius 2 is 1.12 bits per heavy atom. The van der Waals surface area contributed by atoms with Crippen LogP contribution in [0.25, 0.3) is 21.5 Å². The molecule has 0 spiro atoms. The zero-order valence-corrected chi connectivity index (χ0v) is 14.8. The highest BCUT2D eigenvalue weighted by atomic mass is 14.1. The van der Waals surface area contributed by atoms with Gasteiger partial charge in [0.1, 0.15) is 0 Å². The molecule has 0 aliphatic heterocycles. The van der Waals surface area contributed by atoms with Crippen molar-refractivity contribution in [2.24, 2.45) is 5.92 Å². The van der Waals surface area contributed by atoms with E-state index in [1.807, 2.05) is 0 Å². The summed E-state index contributed by atoms with van der Waals surface area (Å²) in [6.45, 7) is 2.37. The van der Waals surface area contributed by atoms with E-state index in [9.17, 15) is 0 Å². The minimum absolute atomic E-state index is 0.688. The van der Waals surface area contributed by atoms with Crippen LogP contribution in [0.5, 0.6) is 0 Å². The van der Waals surface area contributed by atoms with E-state index in [0.29, 0.717) is 5.92 Å². The molecule has 0 saturated heterocycles. The molecule has 4 aromatic rings. The third-order valence-electron chi connectivity index (χ3n) is 5.14. The average Bonchev–Trinajstić information content (AvgIpc) is 2.66. The second-order valence-corrected chi connectivity index (χ2v) is 7.21. The molecular formula is C25H24. The van der Waals surface area contributed by atoms with Crippen molar-refractivity contribution in [3.05, 3.63) is 96.1 Å². The molecule has 4 aromatic carbocycles. The Morgan fingerprint density at radius 3 is 1.76 bits per heavy atom. The van der Waals surface area contributed by atoms with Crippen molar-refractivity contribution in [3.8, 4) is 0 Å². The number of benzene rings is 4. The third-order valence-corrected chi connectivity index (χ3v) is 5.14. The molecule has 0 nitrogen and oxygen atoms in total. The molecule has 0 aliphatic carbocycles. The van der Waals surface area contributed by atoms with Gasteiger partial charge in [-0.15, -0.1) is 0 Å². The van der Waals surface area contributed by atoms with E-state index in [1.54, 1.807) is 0 Å². The van der Waals surface area contributed by atoms with Gasteiger partial charge in [0, 0.05) is 0 Å². The molecular weight excluding hydrogens is 300 g/mol. The molecule has 0 saturated carbocycles. The highest BCUT2D eigenvalue weighted by Gasteiger charge is 2.06. The smallest absolute Gasteiger partial charge is 0.0181 e. The first-order valence-corrected chi connectivity index (χ1v) is 9.23. The minimum atomic E-state index is 0.688. The number of rotatable bonds is 5. The molecule has 1 atom stereocenters. The van der Waals surface area contributed by atoms with E-state index in [0.717, 1.165) is 12.8 Å². The summed E-state index contributed by atoms with van der Waals surface area (Å²) in [5.74, 6) is 0.688. The van der Waals surface area contributed by atoms with Crippen LogP contribution in [0.15, 0.2) is 84.9 Å². The van der Waals surface area contributed by atoms with Crippen LogP contribution in [0.2, 0.25) is 0 Å². The number of aryl methyl sites for hydroxylation is 1. The van der Waals surface area contributed by atoms with Gasteiger partial charge in [-0.25, -0.2) is 0 Å². The van der Waals surface area contributed by atoms with Crippen molar-refractivity contribution < 1.29 is 0 Å². The molecule has 0 bridgehead atoms. The third kappa shape index (κ3) is 3.74. The van der Waals surface area contributed by atoms with Gasteiger partial charge in [0.05, 0.1) is 0 Å². The standard InChI is InChI=1S/C25H24/c1-19(16-21-13-15-23-7-3-5-9-25(23)18-21)10-11-20-12-14-22-6-2-4-8-24(22)17-20/h2-9,12-15,17-19H,10-11,16H2,1H3. The molecule has 0 aromatic heterocycles. The maximum Gasteiger partial charge on any atom is -0.0181 e. The van der Waals surface area contributed by atoms with E-state index in [2.05, 4.69) is 91.9 Å². The van der Waals surface area contributed by atoms with Crippen LogP contribution in [0.4, 0.5) is 0 Å². The van der Waals surface area contributed by atoms with E-state index < -0.39 is 0 Å². The summed E-state index contributed by atoms with van der Waals surface area (Å²) in [5, 5.41) is 5.36. The monoisotopic (exact) mass is 324 g/mol. The first-order chi connectivity index (χ1) is 12.3. The topological polar surface area (TPSA) is 0 Å². The lowest BCUT2D eigenvalue weighted by Crippen LogP contribution is -2.02. The molecule has 0 fully saturated rings. The van der Waals surface area contributed by atoms with Crippen molar-refractivity contribution in [1.29, 1.82) is 0 Å². The maximum atomic E-state index is 2.37. The van der Waals surface area contributed by atoms with Crippen molar-refractivity contribution in [2.75, 3.05) is 0 Å². The lowest BCUT2D eigenvalue weighted by molar-refractivity contribution is 0.531. The van der Waals surface area contributed by atoms with Gasteiger partial charge >= 0.3 is 0 Å². The van der Waals surface area contributed by atoms with Gasteiger partial charge < -0.3 is 0 Å². The fourth-order valence-corrected chi connectivity index (χ4v) is 3.68. The van der Waals surface area contributed by atoms with Gasteiger partial charge in [0.25, 0.3) is 0 Å². The van der Waals surface area contributed by atoms with Crippen LogP contribution in [0, 0.1) is 5.92 Å². The lowest BCUT2D eigenvalue weighted by Gasteiger charge is -2.12. The zero-order valence-electron chi connectivity index (χ0n) is 14.8. The molecule has 25 heavy (non-hydrogen) atoms. The van der Waals surface area contributed by atoms with Crippen LogP contribution in [-0.4, -0.2) is 0 Å². The Kier molecular flexibility index (Phi) is 4.52. The van der Waals surface area contributed by atoms with Crippen LogP contribution in [0.3, 0.4) is 0 Å². The quantitative estimate of drug-likeness (QED) is 0.378. The Labute approximate surface area is 150 Å². The van der Waals surface area contributed by atoms with Gasteiger partial charge in [0.2, 0.25) is 0 Å². The molecule has 4 rings (SSSR count). The van der Waals surface area contributed by atoms with E-state index in [-0.39, 0.29) is 0 Å². The van der Waals surface area contributed by atoms with Crippen LogP contribution in [0.1, 0.15) is 24.5 Å².